The van der Waals surface area contributed by atoms with Crippen LogP contribution < -0.4 is 5.32 Å². The number of methoxy groups -OCH3 is 1. The van der Waals surface area contributed by atoms with Gasteiger partial charge in [-0.15, -0.1) is 0 Å². The monoisotopic (exact) mass is 499 g/mol. The SMILES string of the molecule is COC(=O)[C@@H]1C[C@@H]2CN1C(=O)CNC(=O)OCC(C)(C)CC/C=C/c1cccc3c1CN(C3)C(=O)O2. The summed E-state index contributed by atoms with van der Waals surface area (Å²) in [6.07, 6.45) is 3.98. The molecule has 3 aliphatic heterocycles. The van der Waals surface area contributed by atoms with Gasteiger partial charge in [0.2, 0.25) is 5.91 Å². The molecule has 0 saturated carbocycles. The molecule has 4 rings (SSSR count). The van der Waals surface area contributed by atoms with Gasteiger partial charge in [0.25, 0.3) is 0 Å². The maximum Gasteiger partial charge on any atom is 0.410 e. The van der Waals surface area contributed by atoms with E-state index in [-0.39, 0.29) is 31.5 Å². The molecule has 36 heavy (non-hydrogen) atoms. The van der Waals surface area contributed by atoms with Crippen LogP contribution in [-0.4, -0.2) is 72.8 Å². The standard InChI is InChI=1S/C26H33N3O7/c1-26(2)10-5-4-7-17-8-6-9-18-13-28(15-20(17)18)25(33)36-19-11-21(23(31)34-3)29(14-19)22(30)12-27-24(32)35-16-26/h4,6-9,19,21H,5,10-16H2,1-3H3,(H,27,32)/b7-4+/t19-,21+/m1/s1. The van der Waals surface area contributed by atoms with Crippen molar-refractivity contribution < 1.29 is 33.4 Å². The summed E-state index contributed by atoms with van der Waals surface area (Å²) in [5.74, 6) is -1.09. The van der Waals surface area contributed by atoms with Gasteiger partial charge < -0.3 is 24.4 Å². The molecule has 0 radical (unpaired) electrons. The highest BCUT2D eigenvalue weighted by Crippen LogP contribution is 2.30. The van der Waals surface area contributed by atoms with Crippen molar-refractivity contribution >= 4 is 30.1 Å². The number of rotatable bonds is 1. The molecule has 10 heteroatoms. The molecule has 4 bridgehead atoms. The van der Waals surface area contributed by atoms with E-state index in [4.69, 9.17) is 14.2 Å². The van der Waals surface area contributed by atoms with Crippen molar-refractivity contribution in [3.63, 3.8) is 0 Å². The largest absolute Gasteiger partial charge is 0.467 e. The number of carbonyl (C=O) groups excluding carboxylic acids is 4. The van der Waals surface area contributed by atoms with E-state index in [1.807, 2.05) is 32.0 Å². The van der Waals surface area contributed by atoms with Crippen molar-refractivity contribution in [3.8, 4) is 0 Å². The van der Waals surface area contributed by atoms with Crippen LogP contribution in [0, 0.1) is 5.41 Å². The Bertz CT molecular complexity index is 1070. The van der Waals surface area contributed by atoms with Crippen LogP contribution in [0.4, 0.5) is 9.59 Å². The molecule has 1 aromatic carbocycles. The molecular weight excluding hydrogens is 466 g/mol. The van der Waals surface area contributed by atoms with E-state index >= 15 is 0 Å². The fourth-order valence-electron chi connectivity index (χ4n) is 4.79. The molecular formula is C26H33N3O7. The van der Waals surface area contributed by atoms with E-state index in [0.29, 0.717) is 13.1 Å². The average molecular weight is 500 g/mol. The lowest BCUT2D eigenvalue weighted by atomic mass is 9.88. The molecule has 1 N–H and O–H groups in total. The first-order chi connectivity index (χ1) is 17.2. The lowest BCUT2D eigenvalue weighted by Gasteiger charge is -2.24. The second kappa shape index (κ2) is 10.6. The van der Waals surface area contributed by atoms with Crippen molar-refractivity contribution in [3.05, 3.63) is 41.0 Å². The molecule has 0 aliphatic carbocycles. The Labute approximate surface area is 210 Å². The van der Waals surface area contributed by atoms with E-state index in [1.54, 1.807) is 4.90 Å². The lowest BCUT2D eigenvalue weighted by molar-refractivity contribution is -0.150. The topological polar surface area (TPSA) is 114 Å². The minimum absolute atomic E-state index is 0.0306. The number of carbonyl (C=O) groups is 4. The van der Waals surface area contributed by atoms with Crippen LogP contribution in [0.3, 0.4) is 0 Å². The third-order valence-electron chi connectivity index (χ3n) is 6.86. The smallest absolute Gasteiger partial charge is 0.410 e. The van der Waals surface area contributed by atoms with E-state index in [9.17, 15) is 19.2 Å². The Morgan fingerprint density at radius 3 is 2.78 bits per heavy atom. The molecule has 0 unspecified atom stereocenters. The lowest BCUT2D eigenvalue weighted by Crippen LogP contribution is -2.46. The first kappa shape index (κ1) is 25.5. The zero-order valence-corrected chi connectivity index (χ0v) is 21.0. The number of amides is 3. The van der Waals surface area contributed by atoms with Gasteiger partial charge in [-0.3, -0.25) is 9.69 Å². The molecule has 0 aromatic heterocycles. The molecule has 10 nitrogen and oxygen atoms in total. The van der Waals surface area contributed by atoms with Gasteiger partial charge in [-0.05, 0) is 34.9 Å². The highest BCUT2D eigenvalue weighted by molar-refractivity contribution is 5.88. The summed E-state index contributed by atoms with van der Waals surface area (Å²) in [6, 6.07) is 5.10. The third-order valence-corrected chi connectivity index (χ3v) is 6.86. The van der Waals surface area contributed by atoms with Crippen LogP contribution in [0.5, 0.6) is 0 Å². The van der Waals surface area contributed by atoms with Crippen LogP contribution in [0.25, 0.3) is 6.08 Å². The molecule has 3 aliphatic rings. The van der Waals surface area contributed by atoms with Crippen LogP contribution in [0.15, 0.2) is 24.3 Å². The summed E-state index contributed by atoms with van der Waals surface area (Å²) < 4.78 is 15.9. The summed E-state index contributed by atoms with van der Waals surface area (Å²) in [5.41, 5.74) is 2.93. The molecule has 194 valence electrons. The van der Waals surface area contributed by atoms with Crippen LogP contribution in [0.1, 0.15) is 49.8 Å². The highest BCUT2D eigenvalue weighted by Gasteiger charge is 2.42. The summed E-state index contributed by atoms with van der Waals surface area (Å²) in [7, 11) is 1.24. The number of ether oxygens (including phenoxy) is 3. The van der Waals surface area contributed by atoms with Crippen LogP contribution in [0.2, 0.25) is 0 Å². The minimum atomic E-state index is -0.904. The van der Waals surface area contributed by atoms with E-state index < -0.39 is 36.2 Å². The van der Waals surface area contributed by atoms with Gasteiger partial charge in [0.1, 0.15) is 18.7 Å². The Morgan fingerprint density at radius 1 is 1.19 bits per heavy atom. The maximum atomic E-state index is 13.0. The van der Waals surface area contributed by atoms with Crippen LogP contribution >= 0.6 is 0 Å². The van der Waals surface area contributed by atoms with Crippen molar-refractivity contribution in [2.45, 2.75) is 58.3 Å². The number of hydrogen-bond acceptors (Lipinski definition) is 7. The summed E-state index contributed by atoms with van der Waals surface area (Å²) in [5, 5.41) is 2.45. The number of benzene rings is 1. The molecule has 1 aromatic rings. The number of hydrogen-bond donors (Lipinski definition) is 1. The van der Waals surface area contributed by atoms with Crippen molar-refractivity contribution in [1.29, 1.82) is 0 Å². The van der Waals surface area contributed by atoms with Gasteiger partial charge in [0.15, 0.2) is 0 Å². The average Bonchev–Trinajstić information content (AvgIpc) is 3.48. The van der Waals surface area contributed by atoms with Gasteiger partial charge in [-0.25, -0.2) is 14.4 Å². The van der Waals surface area contributed by atoms with Crippen LogP contribution in [-0.2, 0) is 36.9 Å². The Hall–Kier alpha value is -3.56. The van der Waals surface area contributed by atoms with Gasteiger partial charge in [0.05, 0.1) is 26.8 Å². The molecule has 0 spiro atoms. The fraction of sp³-hybridized carbons (Fsp3) is 0.538. The minimum Gasteiger partial charge on any atom is -0.467 e. The van der Waals surface area contributed by atoms with Crippen molar-refractivity contribution in [2.75, 3.05) is 26.8 Å². The summed E-state index contributed by atoms with van der Waals surface area (Å²) >= 11 is 0. The number of fused-ring (bicyclic) bond motifs is 3. The highest BCUT2D eigenvalue weighted by atomic mass is 16.6. The number of alkyl carbamates (subject to hydrolysis) is 1. The molecule has 2 atom stereocenters. The van der Waals surface area contributed by atoms with Gasteiger partial charge >= 0.3 is 18.2 Å². The normalized spacial score (nSPS) is 25.5. The number of esters is 1. The maximum absolute atomic E-state index is 13.0. The number of nitrogens with zero attached hydrogens (tertiary/aromatic N) is 2. The molecule has 1 saturated heterocycles. The van der Waals surface area contributed by atoms with Crippen molar-refractivity contribution in [2.24, 2.45) is 5.41 Å². The van der Waals surface area contributed by atoms with Crippen molar-refractivity contribution in [1.82, 2.24) is 15.1 Å². The molecule has 3 amide bonds. The van der Waals surface area contributed by atoms with Gasteiger partial charge in [-0.1, -0.05) is 44.2 Å². The Kier molecular flexibility index (Phi) is 7.51. The van der Waals surface area contributed by atoms with E-state index in [1.165, 1.54) is 12.0 Å². The number of allylic oxidation sites excluding steroid dienone is 1. The molecule has 1 fully saturated rings. The predicted octanol–water partition coefficient (Wildman–Crippen LogP) is 2.84. The zero-order chi connectivity index (χ0) is 25.9. The van der Waals surface area contributed by atoms with E-state index in [2.05, 4.69) is 17.5 Å². The Morgan fingerprint density at radius 2 is 2.00 bits per heavy atom. The molecule has 3 heterocycles. The first-order valence-electron chi connectivity index (χ1n) is 12.2. The number of nitrogens with one attached hydrogen (secondary N) is 1. The fourth-order valence-corrected chi connectivity index (χ4v) is 4.79. The summed E-state index contributed by atoms with van der Waals surface area (Å²) in [4.78, 5) is 53.3. The van der Waals surface area contributed by atoms with Gasteiger partial charge in [-0.2, -0.15) is 0 Å². The van der Waals surface area contributed by atoms with Gasteiger partial charge in [0, 0.05) is 13.0 Å². The Balaban J connectivity index is 1.56. The van der Waals surface area contributed by atoms with E-state index in [0.717, 1.165) is 29.5 Å². The quantitative estimate of drug-likeness (QED) is 0.467. The number of cyclic esters (lactones) is 1. The second-order valence-corrected chi connectivity index (χ2v) is 10.2. The second-order valence-electron chi connectivity index (χ2n) is 10.2. The first-order valence-corrected chi connectivity index (χ1v) is 12.2. The zero-order valence-electron chi connectivity index (χ0n) is 21.0. The summed E-state index contributed by atoms with van der Waals surface area (Å²) in [6.45, 7) is 4.77. The third kappa shape index (κ3) is 5.80. The predicted molar refractivity (Wildman–Crippen MR) is 129 cm³/mol.